The third-order valence-electron chi connectivity index (χ3n) is 6.24. The van der Waals surface area contributed by atoms with E-state index in [1.54, 1.807) is 7.11 Å². The third kappa shape index (κ3) is 5.73. The molecule has 0 unspecified atom stereocenters. The molecule has 0 spiro atoms. The Hall–Kier alpha value is -2.04. The lowest BCUT2D eigenvalue weighted by atomic mass is 9.81. The summed E-state index contributed by atoms with van der Waals surface area (Å²) in [6, 6.07) is 7.95. The minimum absolute atomic E-state index is 0.0593. The topological polar surface area (TPSA) is 58.6 Å². The first-order valence-electron chi connectivity index (χ1n) is 10.9. The molecule has 2 amide bonds. The normalized spacial score (nSPS) is 23.0. The number of methoxy groups -OCH3 is 1. The highest BCUT2D eigenvalue weighted by Crippen LogP contribution is 2.30. The van der Waals surface area contributed by atoms with Crippen LogP contribution in [-0.2, 0) is 16.0 Å². The van der Waals surface area contributed by atoms with E-state index in [1.165, 1.54) is 18.4 Å². The van der Waals surface area contributed by atoms with E-state index in [4.69, 9.17) is 4.74 Å². The number of carbonyl (C=O) groups excluding carboxylic acids is 2. The first-order valence-corrected chi connectivity index (χ1v) is 10.9. The summed E-state index contributed by atoms with van der Waals surface area (Å²) in [6.45, 7) is 2.49. The number of benzene rings is 1. The number of hydrogen-bond acceptors (Lipinski definition) is 3. The molecule has 1 saturated heterocycles. The summed E-state index contributed by atoms with van der Waals surface area (Å²) in [5, 5.41) is 3.08. The molecule has 1 aliphatic carbocycles. The smallest absolute Gasteiger partial charge is 0.225 e. The van der Waals surface area contributed by atoms with Crippen molar-refractivity contribution in [1.29, 1.82) is 0 Å². The monoisotopic (exact) mass is 386 g/mol. The molecule has 1 heterocycles. The van der Waals surface area contributed by atoms with E-state index in [1.807, 2.05) is 24.3 Å². The number of nitrogens with one attached hydrogen (secondary N) is 1. The molecule has 1 aromatic rings. The van der Waals surface area contributed by atoms with Gasteiger partial charge in [0, 0.05) is 31.5 Å². The van der Waals surface area contributed by atoms with Crippen LogP contribution in [0.25, 0.3) is 0 Å². The first kappa shape index (κ1) is 20.7. The molecule has 1 N–H and O–H groups in total. The van der Waals surface area contributed by atoms with Crippen molar-refractivity contribution in [2.24, 2.45) is 11.8 Å². The van der Waals surface area contributed by atoms with Gasteiger partial charge in [-0.2, -0.15) is 0 Å². The van der Waals surface area contributed by atoms with Crippen LogP contribution in [0.5, 0.6) is 5.75 Å². The van der Waals surface area contributed by atoms with Crippen LogP contribution in [0.3, 0.4) is 0 Å². The molecule has 0 bridgehead atoms. The van der Waals surface area contributed by atoms with Crippen molar-refractivity contribution in [3.05, 3.63) is 29.8 Å². The summed E-state index contributed by atoms with van der Waals surface area (Å²) in [5.74, 6) is 1.51. The molecule has 1 aromatic carbocycles. The van der Waals surface area contributed by atoms with Crippen molar-refractivity contribution < 1.29 is 14.3 Å². The lowest BCUT2D eigenvalue weighted by molar-refractivity contribution is -0.138. The largest absolute Gasteiger partial charge is 0.497 e. The van der Waals surface area contributed by atoms with Gasteiger partial charge in [-0.25, -0.2) is 0 Å². The van der Waals surface area contributed by atoms with Gasteiger partial charge in [0.05, 0.1) is 7.11 Å². The predicted molar refractivity (Wildman–Crippen MR) is 110 cm³/mol. The Bertz CT molecular complexity index is 628. The Kier molecular flexibility index (Phi) is 7.75. The zero-order valence-corrected chi connectivity index (χ0v) is 17.1. The van der Waals surface area contributed by atoms with E-state index in [0.717, 1.165) is 63.8 Å². The average Bonchev–Trinajstić information content (AvgIpc) is 3.03. The molecular formula is C23H34N2O3. The number of likely N-dealkylation sites (tertiary alicyclic amines) is 1. The summed E-state index contributed by atoms with van der Waals surface area (Å²) in [4.78, 5) is 27.3. The maximum absolute atomic E-state index is 12.8. The highest BCUT2D eigenvalue weighted by atomic mass is 16.5. The van der Waals surface area contributed by atoms with Crippen molar-refractivity contribution in [3.63, 3.8) is 0 Å². The van der Waals surface area contributed by atoms with E-state index >= 15 is 0 Å². The summed E-state index contributed by atoms with van der Waals surface area (Å²) in [6.07, 6.45) is 8.95. The maximum atomic E-state index is 12.8. The van der Waals surface area contributed by atoms with Crippen LogP contribution >= 0.6 is 0 Å². The zero-order valence-electron chi connectivity index (χ0n) is 17.1. The second-order valence-electron chi connectivity index (χ2n) is 8.18. The maximum Gasteiger partial charge on any atom is 0.225 e. The molecule has 2 fully saturated rings. The number of carbonyl (C=O) groups is 2. The minimum Gasteiger partial charge on any atom is -0.497 e. The third-order valence-corrected chi connectivity index (χ3v) is 6.24. The van der Waals surface area contributed by atoms with Crippen LogP contribution in [0.15, 0.2) is 24.3 Å². The van der Waals surface area contributed by atoms with Gasteiger partial charge in [0.2, 0.25) is 11.8 Å². The molecular weight excluding hydrogens is 352 g/mol. The fraction of sp³-hybridized carbons (Fsp3) is 0.652. The summed E-state index contributed by atoms with van der Waals surface area (Å²) in [5.41, 5.74) is 1.19. The Labute approximate surface area is 168 Å². The highest BCUT2D eigenvalue weighted by Gasteiger charge is 2.32. The van der Waals surface area contributed by atoms with Gasteiger partial charge in [-0.3, -0.25) is 9.59 Å². The van der Waals surface area contributed by atoms with Crippen LogP contribution in [0.2, 0.25) is 0 Å². The van der Waals surface area contributed by atoms with Crippen LogP contribution in [0.4, 0.5) is 0 Å². The molecule has 0 aromatic heterocycles. The van der Waals surface area contributed by atoms with Gasteiger partial charge < -0.3 is 15.0 Å². The summed E-state index contributed by atoms with van der Waals surface area (Å²) >= 11 is 0. The summed E-state index contributed by atoms with van der Waals surface area (Å²) < 4.78 is 5.16. The fourth-order valence-corrected chi connectivity index (χ4v) is 4.42. The van der Waals surface area contributed by atoms with Gasteiger partial charge in [0.25, 0.3) is 0 Å². The molecule has 0 radical (unpaired) electrons. The van der Waals surface area contributed by atoms with Crippen molar-refractivity contribution in [2.75, 3.05) is 26.7 Å². The molecule has 2 aliphatic rings. The molecule has 154 valence electrons. The predicted octanol–water partition coefficient (Wildman–Crippen LogP) is 3.56. The van der Waals surface area contributed by atoms with E-state index in [2.05, 4.69) is 10.2 Å². The zero-order chi connectivity index (χ0) is 19.8. The first-order chi connectivity index (χ1) is 13.7. The molecule has 3 rings (SSSR count). The highest BCUT2D eigenvalue weighted by molar-refractivity contribution is 5.81. The molecule has 5 nitrogen and oxygen atoms in total. The Balaban J connectivity index is 1.37. The van der Waals surface area contributed by atoms with Gasteiger partial charge in [-0.1, -0.05) is 25.0 Å². The van der Waals surface area contributed by atoms with Crippen molar-refractivity contribution in [1.82, 2.24) is 10.2 Å². The van der Waals surface area contributed by atoms with Gasteiger partial charge >= 0.3 is 0 Å². The van der Waals surface area contributed by atoms with Crippen LogP contribution in [-0.4, -0.2) is 43.5 Å². The van der Waals surface area contributed by atoms with Gasteiger partial charge in [-0.05, 0) is 62.6 Å². The molecule has 28 heavy (non-hydrogen) atoms. The molecule has 1 saturated carbocycles. The molecule has 5 heteroatoms. The number of hydrogen-bond donors (Lipinski definition) is 1. The fourth-order valence-electron chi connectivity index (χ4n) is 4.42. The standard InChI is InChI=1S/C23H34N2O3/c1-28-21-12-6-18(7-13-21)14-15-24-22(26)19-8-10-20(11-9-19)23(27)25-16-4-2-3-5-17-25/h6-7,12-13,19-20H,2-5,8-11,14-17H2,1H3,(H,24,26). The second-order valence-corrected chi connectivity index (χ2v) is 8.18. The number of nitrogens with zero attached hydrogens (tertiary/aromatic N) is 1. The Morgan fingerprint density at radius 1 is 0.964 bits per heavy atom. The number of amides is 2. The van der Waals surface area contributed by atoms with E-state index in [0.29, 0.717) is 12.5 Å². The van der Waals surface area contributed by atoms with Crippen LogP contribution in [0, 0.1) is 11.8 Å². The Morgan fingerprint density at radius 2 is 1.57 bits per heavy atom. The molecule has 0 atom stereocenters. The lowest BCUT2D eigenvalue weighted by Crippen LogP contribution is -2.40. The SMILES string of the molecule is COc1ccc(CCNC(=O)C2CCC(C(=O)N3CCCCCC3)CC2)cc1. The number of ether oxygens (including phenoxy) is 1. The van der Waals surface area contributed by atoms with Crippen LogP contribution < -0.4 is 10.1 Å². The van der Waals surface area contributed by atoms with Crippen molar-refractivity contribution >= 4 is 11.8 Å². The van der Waals surface area contributed by atoms with Crippen molar-refractivity contribution in [2.45, 2.75) is 57.8 Å². The number of rotatable bonds is 6. The van der Waals surface area contributed by atoms with Gasteiger partial charge in [-0.15, -0.1) is 0 Å². The Morgan fingerprint density at radius 3 is 2.18 bits per heavy atom. The van der Waals surface area contributed by atoms with Gasteiger partial charge in [0.1, 0.15) is 5.75 Å². The summed E-state index contributed by atoms with van der Waals surface area (Å²) in [7, 11) is 1.66. The van der Waals surface area contributed by atoms with Crippen LogP contribution in [0.1, 0.15) is 56.9 Å². The van der Waals surface area contributed by atoms with Gasteiger partial charge in [0.15, 0.2) is 0 Å². The molecule has 1 aliphatic heterocycles. The lowest BCUT2D eigenvalue weighted by Gasteiger charge is -2.31. The minimum atomic E-state index is 0.0593. The second kappa shape index (κ2) is 10.5. The van der Waals surface area contributed by atoms with E-state index in [9.17, 15) is 9.59 Å². The van der Waals surface area contributed by atoms with E-state index in [-0.39, 0.29) is 17.7 Å². The quantitative estimate of drug-likeness (QED) is 0.813. The average molecular weight is 387 g/mol. The van der Waals surface area contributed by atoms with E-state index < -0.39 is 0 Å². The van der Waals surface area contributed by atoms with Crippen molar-refractivity contribution in [3.8, 4) is 5.75 Å².